The highest BCUT2D eigenvalue weighted by Crippen LogP contribution is 2.23. The van der Waals surface area contributed by atoms with Crippen LogP contribution in [0.5, 0.6) is 17.8 Å². The summed E-state index contributed by atoms with van der Waals surface area (Å²) in [5.74, 6) is 0.622. The Labute approximate surface area is 114 Å². The second kappa shape index (κ2) is 5.88. The van der Waals surface area contributed by atoms with Gasteiger partial charge in [0.2, 0.25) is 5.28 Å². The molecule has 0 aliphatic rings. The Morgan fingerprint density at radius 2 is 1.72 bits per heavy atom. The smallest absolute Gasteiger partial charge is 0.329 e. The van der Waals surface area contributed by atoms with Gasteiger partial charge in [0.15, 0.2) is 0 Å². The molecule has 0 saturated carbocycles. The van der Waals surface area contributed by atoms with Crippen LogP contribution in [0, 0.1) is 0 Å². The summed E-state index contributed by atoms with van der Waals surface area (Å²) in [6, 6.07) is 7.76. The molecule has 1 aromatic heterocycles. The largest absolute Gasteiger partial charge is 0.467 e. The Hall–Kier alpha value is -1.53. The normalized spacial score (nSPS) is 10.2. The van der Waals surface area contributed by atoms with E-state index < -0.39 is 0 Å². The molecule has 2 aromatic rings. The van der Waals surface area contributed by atoms with Crippen molar-refractivity contribution in [3.05, 3.63) is 29.5 Å². The van der Waals surface area contributed by atoms with Crippen LogP contribution >= 0.6 is 23.4 Å². The van der Waals surface area contributed by atoms with Gasteiger partial charge < -0.3 is 9.47 Å². The van der Waals surface area contributed by atoms with E-state index in [4.69, 9.17) is 21.1 Å². The van der Waals surface area contributed by atoms with E-state index in [2.05, 4.69) is 15.0 Å². The van der Waals surface area contributed by atoms with Crippen LogP contribution in [0.2, 0.25) is 5.28 Å². The van der Waals surface area contributed by atoms with Gasteiger partial charge in [0.1, 0.15) is 5.75 Å². The van der Waals surface area contributed by atoms with Crippen molar-refractivity contribution in [2.75, 3.05) is 13.4 Å². The number of methoxy groups -OCH3 is 1. The maximum Gasteiger partial charge on any atom is 0.329 e. The third-order valence-electron chi connectivity index (χ3n) is 2.02. The van der Waals surface area contributed by atoms with Gasteiger partial charge in [0.25, 0.3) is 0 Å². The highest BCUT2D eigenvalue weighted by Gasteiger charge is 2.07. The first-order chi connectivity index (χ1) is 8.71. The summed E-state index contributed by atoms with van der Waals surface area (Å²) in [4.78, 5) is 12.7. The van der Waals surface area contributed by atoms with E-state index in [-0.39, 0.29) is 17.3 Å². The molecule has 0 amide bonds. The van der Waals surface area contributed by atoms with E-state index in [1.54, 1.807) is 11.8 Å². The van der Waals surface area contributed by atoms with E-state index in [0.29, 0.717) is 5.75 Å². The van der Waals surface area contributed by atoms with Crippen LogP contribution in [0.4, 0.5) is 0 Å². The predicted molar refractivity (Wildman–Crippen MR) is 69.7 cm³/mol. The molecule has 0 N–H and O–H groups in total. The van der Waals surface area contributed by atoms with Crippen molar-refractivity contribution in [2.45, 2.75) is 4.90 Å². The summed E-state index contributed by atoms with van der Waals surface area (Å²) in [7, 11) is 1.45. The summed E-state index contributed by atoms with van der Waals surface area (Å²) in [5.41, 5.74) is 0. The second-order valence-electron chi connectivity index (χ2n) is 3.15. The standard InChI is InChI=1S/C11H10ClN3O2S/c1-16-10-13-9(12)14-11(15-10)17-7-3-5-8(18-2)6-4-7/h3-6H,1-2H3. The van der Waals surface area contributed by atoms with Crippen LogP contribution in [-0.4, -0.2) is 28.3 Å². The number of hydrogen-bond donors (Lipinski definition) is 0. The van der Waals surface area contributed by atoms with E-state index in [0.717, 1.165) is 4.90 Å². The Balaban J connectivity index is 2.19. The van der Waals surface area contributed by atoms with Gasteiger partial charge in [-0.25, -0.2) is 0 Å². The summed E-state index contributed by atoms with van der Waals surface area (Å²) in [6.07, 6.45) is 2.01. The molecule has 0 aliphatic heterocycles. The monoisotopic (exact) mass is 283 g/mol. The van der Waals surface area contributed by atoms with E-state index in [1.165, 1.54) is 7.11 Å². The van der Waals surface area contributed by atoms with Crippen molar-refractivity contribution in [2.24, 2.45) is 0 Å². The van der Waals surface area contributed by atoms with Crippen LogP contribution in [0.15, 0.2) is 29.2 Å². The van der Waals surface area contributed by atoms with Gasteiger partial charge in [0, 0.05) is 4.90 Å². The van der Waals surface area contributed by atoms with Gasteiger partial charge in [-0.05, 0) is 42.1 Å². The number of hydrogen-bond acceptors (Lipinski definition) is 6. The second-order valence-corrected chi connectivity index (χ2v) is 4.37. The topological polar surface area (TPSA) is 57.1 Å². The van der Waals surface area contributed by atoms with Crippen molar-refractivity contribution in [1.82, 2.24) is 15.0 Å². The van der Waals surface area contributed by atoms with Crippen LogP contribution in [0.1, 0.15) is 0 Å². The predicted octanol–water partition coefficient (Wildman–Crippen LogP) is 3.05. The minimum absolute atomic E-state index is 0.0255. The molecular weight excluding hydrogens is 274 g/mol. The molecule has 0 radical (unpaired) electrons. The van der Waals surface area contributed by atoms with Gasteiger partial charge in [-0.1, -0.05) is 0 Å². The molecular formula is C11H10ClN3O2S. The molecule has 0 fully saturated rings. The Bertz CT molecular complexity index is 536. The number of nitrogens with zero attached hydrogens (tertiary/aromatic N) is 3. The van der Waals surface area contributed by atoms with Crippen molar-refractivity contribution >= 4 is 23.4 Å². The number of rotatable bonds is 4. The maximum absolute atomic E-state index is 5.72. The molecule has 18 heavy (non-hydrogen) atoms. The van der Waals surface area contributed by atoms with Crippen LogP contribution < -0.4 is 9.47 Å². The SMILES string of the molecule is COc1nc(Cl)nc(Oc2ccc(SC)cc2)n1. The molecule has 0 bridgehead atoms. The Morgan fingerprint density at radius 1 is 1.06 bits per heavy atom. The lowest BCUT2D eigenvalue weighted by Gasteiger charge is -2.05. The molecule has 0 spiro atoms. The van der Waals surface area contributed by atoms with E-state index in [1.807, 2.05) is 30.5 Å². The van der Waals surface area contributed by atoms with Crippen LogP contribution in [-0.2, 0) is 0 Å². The summed E-state index contributed by atoms with van der Waals surface area (Å²) in [6.45, 7) is 0. The lowest BCUT2D eigenvalue weighted by molar-refractivity contribution is 0.359. The first kappa shape index (κ1) is 12.9. The van der Waals surface area contributed by atoms with Gasteiger partial charge in [-0.15, -0.1) is 16.7 Å². The number of halogens is 1. The molecule has 0 saturated heterocycles. The summed E-state index contributed by atoms with van der Waals surface area (Å²) < 4.78 is 10.3. The zero-order valence-corrected chi connectivity index (χ0v) is 11.3. The van der Waals surface area contributed by atoms with Crippen molar-refractivity contribution in [1.29, 1.82) is 0 Å². The summed E-state index contributed by atoms with van der Waals surface area (Å²) in [5, 5.41) is 0.0255. The van der Waals surface area contributed by atoms with Crippen molar-refractivity contribution < 1.29 is 9.47 Å². The molecule has 1 heterocycles. The van der Waals surface area contributed by atoms with E-state index in [9.17, 15) is 0 Å². The van der Waals surface area contributed by atoms with Gasteiger partial charge in [0.05, 0.1) is 7.11 Å². The summed E-state index contributed by atoms with van der Waals surface area (Å²) >= 11 is 7.37. The number of ether oxygens (including phenoxy) is 2. The quantitative estimate of drug-likeness (QED) is 0.804. The molecule has 7 heteroatoms. The molecule has 2 rings (SSSR count). The molecule has 1 aromatic carbocycles. The highest BCUT2D eigenvalue weighted by molar-refractivity contribution is 7.98. The maximum atomic E-state index is 5.72. The molecule has 0 atom stereocenters. The number of aromatic nitrogens is 3. The fourth-order valence-corrected chi connectivity index (χ4v) is 1.75. The van der Waals surface area contributed by atoms with Crippen molar-refractivity contribution in [3.63, 3.8) is 0 Å². The van der Waals surface area contributed by atoms with Gasteiger partial charge >= 0.3 is 12.0 Å². The third-order valence-corrected chi connectivity index (χ3v) is 2.93. The van der Waals surface area contributed by atoms with E-state index >= 15 is 0 Å². The first-order valence-electron chi connectivity index (χ1n) is 4.98. The average molecular weight is 284 g/mol. The highest BCUT2D eigenvalue weighted by atomic mass is 35.5. The molecule has 94 valence electrons. The lowest BCUT2D eigenvalue weighted by atomic mass is 10.3. The fraction of sp³-hybridized carbons (Fsp3) is 0.182. The number of benzene rings is 1. The molecule has 5 nitrogen and oxygen atoms in total. The molecule has 0 unspecified atom stereocenters. The van der Waals surface area contributed by atoms with Gasteiger partial charge in [-0.3, -0.25) is 0 Å². The Kier molecular flexibility index (Phi) is 4.22. The first-order valence-corrected chi connectivity index (χ1v) is 6.59. The van der Waals surface area contributed by atoms with Crippen LogP contribution in [0.25, 0.3) is 0 Å². The average Bonchev–Trinajstić information content (AvgIpc) is 2.39. The Morgan fingerprint density at radius 3 is 2.33 bits per heavy atom. The van der Waals surface area contributed by atoms with Crippen molar-refractivity contribution in [3.8, 4) is 17.8 Å². The number of thioether (sulfide) groups is 1. The fourth-order valence-electron chi connectivity index (χ4n) is 1.20. The minimum Gasteiger partial charge on any atom is -0.467 e. The molecule has 0 aliphatic carbocycles. The third kappa shape index (κ3) is 3.24. The zero-order valence-electron chi connectivity index (χ0n) is 9.75. The van der Waals surface area contributed by atoms with Gasteiger partial charge in [-0.2, -0.15) is 9.97 Å². The minimum atomic E-state index is 0.0255. The van der Waals surface area contributed by atoms with Crippen LogP contribution in [0.3, 0.4) is 0 Å². The lowest BCUT2D eigenvalue weighted by Crippen LogP contribution is -1.98. The zero-order chi connectivity index (χ0) is 13.0.